The lowest BCUT2D eigenvalue weighted by atomic mass is 10.0. The van der Waals surface area contributed by atoms with Crippen LogP contribution in [0.15, 0.2) is 12.2 Å². The SMILES string of the molecule is CCCC(O)CCCCCCC=CCCCCC(=O)O. The Labute approximate surface area is 124 Å². The predicted molar refractivity (Wildman–Crippen MR) is 83.9 cm³/mol. The maximum absolute atomic E-state index is 10.3. The third kappa shape index (κ3) is 15.2. The number of rotatable bonds is 14. The molecule has 0 aromatic heterocycles. The second kappa shape index (κ2) is 14.6. The number of unbranched alkanes of at least 4 members (excludes halogenated alkanes) is 6. The van der Waals surface area contributed by atoms with E-state index in [9.17, 15) is 9.90 Å². The van der Waals surface area contributed by atoms with Crippen molar-refractivity contribution in [3.05, 3.63) is 12.2 Å². The van der Waals surface area contributed by atoms with Crippen molar-refractivity contribution in [2.24, 2.45) is 0 Å². The van der Waals surface area contributed by atoms with E-state index in [4.69, 9.17) is 5.11 Å². The first-order valence-electron chi connectivity index (χ1n) is 8.21. The Bertz CT molecular complexity index is 249. The number of aliphatic hydroxyl groups excluding tert-OH is 1. The highest BCUT2D eigenvalue weighted by Crippen LogP contribution is 2.11. The second-order valence-corrected chi connectivity index (χ2v) is 5.54. The molecular formula is C17H32O3. The van der Waals surface area contributed by atoms with Gasteiger partial charge in [-0.2, -0.15) is 0 Å². The van der Waals surface area contributed by atoms with E-state index >= 15 is 0 Å². The van der Waals surface area contributed by atoms with Crippen molar-refractivity contribution in [1.82, 2.24) is 0 Å². The average Bonchev–Trinajstić information content (AvgIpc) is 2.40. The zero-order valence-corrected chi connectivity index (χ0v) is 13.0. The Hall–Kier alpha value is -0.830. The summed E-state index contributed by atoms with van der Waals surface area (Å²) in [6.45, 7) is 2.11. The molecule has 2 N–H and O–H groups in total. The van der Waals surface area contributed by atoms with Gasteiger partial charge in [-0.05, 0) is 44.9 Å². The van der Waals surface area contributed by atoms with E-state index in [1.165, 1.54) is 19.3 Å². The molecule has 0 aromatic rings. The maximum atomic E-state index is 10.3. The van der Waals surface area contributed by atoms with E-state index in [1.54, 1.807) is 0 Å². The third-order valence-corrected chi connectivity index (χ3v) is 3.46. The summed E-state index contributed by atoms with van der Waals surface area (Å²) in [5.74, 6) is -0.696. The Morgan fingerprint density at radius 2 is 1.55 bits per heavy atom. The van der Waals surface area contributed by atoms with Crippen LogP contribution in [0.4, 0.5) is 0 Å². The Morgan fingerprint density at radius 1 is 0.950 bits per heavy atom. The number of hydrogen-bond donors (Lipinski definition) is 2. The molecule has 0 aliphatic carbocycles. The summed E-state index contributed by atoms with van der Waals surface area (Å²) < 4.78 is 0. The lowest BCUT2D eigenvalue weighted by molar-refractivity contribution is -0.137. The van der Waals surface area contributed by atoms with Gasteiger partial charge in [0.05, 0.1) is 6.10 Å². The van der Waals surface area contributed by atoms with Crippen molar-refractivity contribution < 1.29 is 15.0 Å². The molecule has 0 radical (unpaired) electrons. The number of allylic oxidation sites excluding steroid dienone is 2. The molecule has 0 aromatic carbocycles. The largest absolute Gasteiger partial charge is 0.481 e. The standard InChI is InChI=1S/C17H32O3/c1-2-13-16(18)14-11-9-7-5-3-4-6-8-10-12-15-17(19)20/h4,6,16,18H,2-3,5,7-15H2,1H3,(H,19,20). The third-order valence-electron chi connectivity index (χ3n) is 3.46. The molecule has 0 heterocycles. The fourth-order valence-corrected chi connectivity index (χ4v) is 2.25. The normalized spacial score (nSPS) is 12.9. The van der Waals surface area contributed by atoms with Crippen molar-refractivity contribution in [1.29, 1.82) is 0 Å². The van der Waals surface area contributed by atoms with Gasteiger partial charge in [-0.1, -0.05) is 44.8 Å². The van der Waals surface area contributed by atoms with E-state index < -0.39 is 5.97 Å². The lowest BCUT2D eigenvalue weighted by Crippen LogP contribution is -2.04. The summed E-state index contributed by atoms with van der Waals surface area (Å²) in [5, 5.41) is 18.1. The summed E-state index contributed by atoms with van der Waals surface area (Å²) >= 11 is 0. The van der Waals surface area contributed by atoms with Crippen LogP contribution in [-0.2, 0) is 4.79 Å². The quantitative estimate of drug-likeness (QED) is 0.359. The van der Waals surface area contributed by atoms with Gasteiger partial charge in [0.25, 0.3) is 0 Å². The van der Waals surface area contributed by atoms with Crippen molar-refractivity contribution in [3.63, 3.8) is 0 Å². The molecule has 0 saturated carbocycles. The monoisotopic (exact) mass is 284 g/mol. The molecular weight excluding hydrogens is 252 g/mol. The van der Waals surface area contributed by atoms with Crippen LogP contribution in [0.2, 0.25) is 0 Å². The minimum absolute atomic E-state index is 0.0919. The number of carbonyl (C=O) groups is 1. The maximum Gasteiger partial charge on any atom is 0.303 e. The molecule has 3 heteroatoms. The average molecular weight is 284 g/mol. The van der Waals surface area contributed by atoms with Crippen LogP contribution in [-0.4, -0.2) is 22.3 Å². The molecule has 1 atom stereocenters. The fourth-order valence-electron chi connectivity index (χ4n) is 2.25. The minimum atomic E-state index is -0.696. The zero-order valence-electron chi connectivity index (χ0n) is 13.0. The molecule has 0 amide bonds. The van der Waals surface area contributed by atoms with E-state index in [0.717, 1.165) is 51.4 Å². The van der Waals surface area contributed by atoms with E-state index in [1.807, 2.05) is 0 Å². The molecule has 1 unspecified atom stereocenters. The first-order valence-corrected chi connectivity index (χ1v) is 8.21. The Kier molecular flexibility index (Phi) is 14.0. The molecule has 0 fully saturated rings. The van der Waals surface area contributed by atoms with E-state index in [0.29, 0.717) is 0 Å². The molecule has 0 rings (SSSR count). The highest BCUT2D eigenvalue weighted by atomic mass is 16.4. The van der Waals surface area contributed by atoms with Crippen LogP contribution < -0.4 is 0 Å². The molecule has 0 aliphatic rings. The molecule has 0 bridgehead atoms. The molecule has 3 nitrogen and oxygen atoms in total. The van der Waals surface area contributed by atoms with Crippen LogP contribution in [0, 0.1) is 0 Å². The van der Waals surface area contributed by atoms with Crippen LogP contribution in [0.3, 0.4) is 0 Å². The summed E-state index contributed by atoms with van der Waals surface area (Å²) in [4.78, 5) is 10.3. The number of carboxylic acids is 1. The summed E-state index contributed by atoms with van der Waals surface area (Å²) in [7, 11) is 0. The van der Waals surface area contributed by atoms with Gasteiger partial charge < -0.3 is 10.2 Å². The van der Waals surface area contributed by atoms with Crippen molar-refractivity contribution in [3.8, 4) is 0 Å². The molecule has 20 heavy (non-hydrogen) atoms. The van der Waals surface area contributed by atoms with Gasteiger partial charge in [-0.15, -0.1) is 0 Å². The van der Waals surface area contributed by atoms with Crippen molar-refractivity contribution in [2.75, 3.05) is 0 Å². The summed E-state index contributed by atoms with van der Waals surface area (Å²) in [6.07, 6.45) is 16.2. The van der Waals surface area contributed by atoms with Gasteiger partial charge in [0.2, 0.25) is 0 Å². The highest BCUT2D eigenvalue weighted by Gasteiger charge is 2.01. The Balaban J connectivity index is 3.17. The first kappa shape index (κ1) is 19.2. The fraction of sp³-hybridized carbons (Fsp3) is 0.824. The predicted octanol–water partition coefficient (Wildman–Crippen LogP) is 4.69. The first-order chi connectivity index (χ1) is 9.66. The molecule has 0 aliphatic heterocycles. The van der Waals surface area contributed by atoms with Gasteiger partial charge in [0, 0.05) is 6.42 Å². The van der Waals surface area contributed by atoms with Gasteiger partial charge in [-0.3, -0.25) is 4.79 Å². The van der Waals surface area contributed by atoms with Crippen LogP contribution in [0.5, 0.6) is 0 Å². The summed E-state index contributed by atoms with van der Waals surface area (Å²) in [5.41, 5.74) is 0. The van der Waals surface area contributed by atoms with Gasteiger partial charge in [0.15, 0.2) is 0 Å². The van der Waals surface area contributed by atoms with E-state index in [-0.39, 0.29) is 12.5 Å². The molecule has 0 saturated heterocycles. The van der Waals surface area contributed by atoms with Crippen LogP contribution in [0.1, 0.15) is 84.0 Å². The van der Waals surface area contributed by atoms with Gasteiger partial charge in [0.1, 0.15) is 0 Å². The lowest BCUT2D eigenvalue weighted by Gasteiger charge is -2.07. The molecule has 0 spiro atoms. The topological polar surface area (TPSA) is 57.5 Å². The number of carboxylic acid groups (broad SMARTS) is 1. The number of aliphatic hydroxyl groups is 1. The number of hydrogen-bond acceptors (Lipinski definition) is 2. The van der Waals surface area contributed by atoms with Gasteiger partial charge in [-0.25, -0.2) is 0 Å². The van der Waals surface area contributed by atoms with Crippen molar-refractivity contribution in [2.45, 2.75) is 90.1 Å². The van der Waals surface area contributed by atoms with Crippen LogP contribution >= 0.6 is 0 Å². The smallest absolute Gasteiger partial charge is 0.303 e. The zero-order chi connectivity index (χ0) is 15.1. The van der Waals surface area contributed by atoms with Crippen LogP contribution in [0.25, 0.3) is 0 Å². The second-order valence-electron chi connectivity index (χ2n) is 5.54. The van der Waals surface area contributed by atoms with Gasteiger partial charge >= 0.3 is 5.97 Å². The van der Waals surface area contributed by atoms with Crippen molar-refractivity contribution >= 4 is 5.97 Å². The van der Waals surface area contributed by atoms with E-state index in [2.05, 4.69) is 19.1 Å². The summed E-state index contributed by atoms with van der Waals surface area (Å²) in [6, 6.07) is 0. The number of aliphatic carboxylic acids is 1. The Morgan fingerprint density at radius 3 is 2.15 bits per heavy atom. The minimum Gasteiger partial charge on any atom is -0.481 e. The highest BCUT2D eigenvalue weighted by molar-refractivity contribution is 5.66. The molecule has 118 valence electrons.